The van der Waals surface area contributed by atoms with Crippen molar-refractivity contribution in [3.05, 3.63) is 111 Å². The van der Waals surface area contributed by atoms with Crippen molar-refractivity contribution >= 4 is 64.2 Å². The lowest BCUT2D eigenvalue weighted by atomic mass is 10.0. The number of aromatic nitrogens is 1. The minimum Gasteiger partial charge on any atom is -0.454 e. The van der Waals surface area contributed by atoms with Crippen molar-refractivity contribution in [2.45, 2.75) is 30.5 Å². The van der Waals surface area contributed by atoms with Gasteiger partial charge in [0.05, 0.1) is 37.8 Å². The predicted molar refractivity (Wildman–Crippen MR) is 168 cm³/mol. The highest BCUT2D eigenvalue weighted by molar-refractivity contribution is 8.00. The van der Waals surface area contributed by atoms with Crippen molar-refractivity contribution in [1.82, 2.24) is 4.98 Å². The van der Waals surface area contributed by atoms with E-state index in [2.05, 4.69) is 6.07 Å². The molecule has 220 valence electrons. The largest absolute Gasteiger partial charge is 0.454 e. The van der Waals surface area contributed by atoms with Gasteiger partial charge in [0.1, 0.15) is 11.1 Å². The molecule has 0 saturated carbocycles. The quantitative estimate of drug-likeness (QED) is 0.114. The van der Waals surface area contributed by atoms with Crippen LogP contribution in [-0.4, -0.2) is 40.4 Å². The van der Waals surface area contributed by atoms with Crippen LogP contribution in [0.1, 0.15) is 43.8 Å². The Morgan fingerprint density at radius 2 is 1.66 bits per heavy atom. The van der Waals surface area contributed by atoms with Crippen LogP contribution in [-0.2, 0) is 14.3 Å². The van der Waals surface area contributed by atoms with Crippen molar-refractivity contribution in [1.29, 1.82) is 5.26 Å². The maximum Gasteiger partial charge on any atom is 0.338 e. The molecule has 1 unspecified atom stereocenters. The molecule has 8 nitrogen and oxygen atoms in total. The number of ketones is 1. The molecular formula is C33H23Cl2N3O5S. The molecule has 0 aliphatic carbocycles. The number of amides is 2. The number of halogens is 2. The van der Waals surface area contributed by atoms with Crippen molar-refractivity contribution in [3.63, 3.8) is 0 Å². The molecule has 1 atom stereocenters. The van der Waals surface area contributed by atoms with E-state index in [1.54, 1.807) is 6.07 Å². The summed E-state index contributed by atoms with van der Waals surface area (Å²) < 4.78 is 5.13. The first-order chi connectivity index (χ1) is 21.0. The van der Waals surface area contributed by atoms with Crippen LogP contribution in [0.15, 0.2) is 77.8 Å². The topological polar surface area (TPSA) is 117 Å². The van der Waals surface area contributed by atoms with Gasteiger partial charge in [-0.25, -0.2) is 14.7 Å². The second-order valence-corrected chi connectivity index (χ2v) is 12.0. The number of ether oxygens (including phenoxy) is 1. The average molecular weight is 645 g/mol. The molecule has 1 fully saturated rings. The van der Waals surface area contributed by atoms with Gasteiger partial charge in [0, 0.05) is 17.5 Å². The first-order valence-electron chi connectivity index (χ1n) is 13.3. The van der Waals surface area contributed by atoms with E-state index in [1.807, 2.05) is 38.1 Å². The van der Waals surface area contributed by atoms with Gasteiger partial charge in [-0.3, -0.25) is 14.4 Å². The molecule has 0 spiro atoms. The Morgan fingerprint density at radius 3 is 2.32 bits per heavy atom. The van der Waals surface area contributed by atoms with Gasteiger partial charge >= 0.3 is 5.97 Å². The lowest BCUT2D eigenvalue weighted by Crippen LogP contribution is -2.31. The second-order valence-electron chi connectivity index (χ2n) is 10.0. The minimum atomic E-state index is -0.785. The number of hydrogen-bond acceptors (Lipinski definition) is 8. The zero-order valence-corrected chi connectivity index (χ0v) is 25.8. The molecule has 1 saturated heterocycles. The second kappa shape index (κ2) is 13.0. The van der Waals surface area contributed by atoms with Gasteiger partial charge in [-0.1, -0.05) is 64.8 Å². The molecule has 1 aromatic heterocycles. The van der Waals surface area contributed by atoms with Gasteiger partial charge in [0.25, 0.3) is 0 Å². The lowest BCUT2D eigenvalue weighted by molar-refractivity contribution is -0.121. The van der Waals surface area contributed by atoms with E-state index in [0.29, 0.717) is 21.3 Å². The van der Waals surface area contributed by atoms with E-state index in [1.165, 1.54) is 42.5 Å². The number of pyridine rings is 1. The molecule has 2 heterocycles. The third kappa shape index (κ3) is 6.53. The maximum absolute atomic E-state index is 13.4. The number of nitrogens with zero attached hydrogens (tertiary/aromatic N) is 3. The summed E-state index contributed by atoms with van der Waals surface area (Å²) in [5, 5.41) is 9.84. The summed E-state index contributed by atoms with van der Waals surface area (Å²) in [6.07, 6.45) is -0.0790. The highest BCUT2D eigenvalue weighted by Gasteiger charge is 2.41. The van der Waals surface area contributed by atoms with Crippen molar-refractivity contribution < 1.29 is 23.9 Å². The Balaban J connectivity index is 1.27. The highest BCUT2D eigenvalue weighted by atomic mass is 35.5. The van der Waals surface area contributed by atoms with Crippen LogP contribution in [0.5, 0.6) is 0 Å². The zero-order chi connectivity index (χ0) is 31.5. The molecule has 11 heteroatoms. The van der Waals surface area contributed by atoms with Crippen LogP contribution in [0.3, 0.4) is 0 Å². The molecule has 1 aliphatic heterocycles. The first-order valence-corrected chi connectivity index (χ1v) is 15.0. The fourth-order valence-corrected chi connectivity index (χ4v) is 5.96. The van der Waals surface area contributed by atoms with Gasteiger partial charge in [-0.05, 0) is 67.9 Å². The number of Topliss-reactive ketones (excluding diaryl/α,β-unsaturated/α-hetero) is 1. The van der Waals surface area contributed by atoms with Gasteiger partial charge < -0.3 is 4.74 Å². The Labute approximate surface area is 267 Å². The number of esters is 1. The fourth-order valence-electron chi connectivity index (χ4n) is 4.59. The van der Waals surface area contributed by atoms with E-state index < -0.39 is 35.4 Å². The van der Waals surface area contributed by atoms with Gasteiger partial charge in [-0.15, -0.1) is 0 Å². The smallest absolute Gasteiger partial charge is 0.338 e. The Kier molecular flexibility index (Phi) is 9.16. The van der Waals surface area contributed by atoms with Crippen LogP contribution in [0.4, 0.5) is 5.69 Å². The molecule has 0 radical (unpaired) electrons. The summed E-state index contributed by atoms with van der Waals surface area (Å²) in [6.45, 7) is 3.35. The Hall–Kier alpha value is -4.49. The number of carbonyl (C=O) groups is 4. The lowest BCUT2D eigenvalue weighted by Gasteiger charge is -2.16. The SMILES string of the molecule is Cc1ccc(-c2nc(SC3CC(=O)N(c4ccc(C(=O)OCC(=O)c5ccc(Cl)c(Cl)c5)cc4)C3=O)c(C#N)cc2C)cc1. The van der Waals surface area contributed by atoms with Crippen LogP contribution in [0.25, 0.3) is 11.3 Å². The number of anilines is 1. The number of carbonyl (C=O) groups excluding carboxylic acids is 4. The molecular weight excluding hydrogens is 621 g/mol. The van der Waals surface area contributed by atoms with E-state index in [-0.39, 0.29) is 28.3 Å². The zero-order valence-electron chi connectivity index (χ0n) is 23.5. The minimum absolute atomic E-state index is 0.0790. The molecule has 2 amide bonds. The summed E-state index contributed by atoms with van der Waals surface area (Å²) in [7, 11) is 0. The number of nitriles is 1. The molecule has 5 rings (SSSR count). The van der Waals surface area contributed by atoms with Crippen LogP contribution in [0, 0.1) is 25.2 Å². The Bertz CT molecular complexity index is 1850. The monoisotopic (exact) mass is 643 g/mol. The molecule has 0 N–H and O–H groups in total. The molecule has 4 aromatic rings. The number of thioether (sulfide) groups is 1. The van der Waals surface area contributed by atoms with Crippen LogP contribution in [0.2, 0.25) is 10.0 Å². The van der Waals surface area contributed by atoms with Crippen molar-refractivity contribution in [3.8, 4) is 17.3 Å². The number of imide groups is 1. The summed E-state index contributed by atoms with van der Waals surface area (Å²) in [4.78, 5) is 57.0. The summed E-state index contributed by atoms with van der Waals surface area (Å²) >= 11 is 12.9. The van der Waals surface area contributed by atoms with Crippen LogP contribution >= 0.6 is 35.0 Å². The standard InChI is InChI=1S/C33H23Cl2N3O5S/c1-18-3-5-20(6-4-18)30-19(2)13-23(16-36)31(37-30)44-28-15-29(40)38(32(28)41)24-10-7-21(8-11-24)33(42)43-17-27(39)22-9-12-25(34)26(35)14-22/h3-14,28H,15,17H2,1-2H3. The normalized spacial score (nSPS) is 14.4. The summed E-state index contributed by atoms with van der Waals surface area (Å²) in [5.41, 5.74) is 4.48. The predicted octanol–water partition coefficient (Wildman–Crippen LogP) is 7.01. The molecule has 3 aromatic carbocycles. The molecule has 0 bridgehead atoms. The maximum atomic E-state index is 13.4. The first kappa shape index (κ1) is 31.0. The highest BCUT2D eigenvalue weighted by Crippen LogP contribution is 2.36. The van der Waals surface area contributed by atoms with Gasteiger partial charge in [-0.2, -0.15) is 5.26 Å². The molecule has 44 heavy (non-hydrogen) atoms. The van der Waals surface area contributed by atoms with E-state index in [9.17, 15) is 24.4 Å². The fraction of sp³-hybridized carbons (Fsp3) is 0.152. The number of benzene rings is 3. The van der Waals surface area contributed by atoms with Gasteiger partial charge in [0.2, 0.25) is 11.8 Å². The third-order valence-corrected chi connectivity index (χ3v) is 8.85. The third-order valence-electron chi connectivity index (χ3n) is 6.92. The number of aryl methyl sites for hydroxylation is 2. The van der Waals surface area contributed by atoms with Gasteiger partial charge in [0.15, 0.2) is 12.4 Å². The summed E-state index contributed by atoms with van der Waals surface area (Å²) in [6, 6.07) is 21.8. The van der Waals surface area contributed by atoms with E-state index in [4.69, 9.17) is 32.9 Å². The van der Waals surface area contributed by atoms with Crippen molar-refractivity contribution in [2.24, 2.45) is 0 Å². The van der Waals surface area contributed by atoms with E-state index in [0.717, 1.165) is 33.4 Å². The summed E-state index contributed by atoms with van der Waals surface area (Å²) in [5.74, 6) is -2.08. The van der Waals surface area contributed by atoms with Crippen molar-refractivity contribution in [2.75, 3.05) is 11.5 Å². The number of hydrogen-bond donors (Lipinski definition) is 0. The van der Waals surface area contributed by atoms with Crippen LogP contribution < -0.4 is 4.90 Å². The Morgan fingerprint density at radius 1 is 0.977 bits per heavy atom. The molecule has 1 aliphatic rings. The number of rotatable bonds is 8. The van der Waals surface area contributed by atoms with E-state index >= 15 is 0 Å². The average Bonchev–Trinajstić information content (AvgIpc) is 3.30.